The van der Waals surface area contributed by atoms with Gasteiger partial charge in [0.15, 0.2) is 0 Å². The van der Waals surface area contributed by atoms with E-state index in [9.17, 15) is 4.79 Å². The van der Waals surface area contributed by atoms with Gasteiger partial charge in [-0.1, -0.05) is 45.7 Å². The van der Waals surface area contributed by atoms with Crippen molar-refractivity contribution in [3.63, 3.8) is 0 Å². The first-order chi connectivity index (χ1) is 12.7. The molecule has 0 atom stereocenters. The summed E-state index contributed by atoms with van der Waals surface area (Å²) in [5.41, 5.74) is 2.37. The highest BCUT2D eigenvalue weighted by molar-refractivity contribution is 5.78. The van der Waals surface area contributed by atoms with E-state index in [-0.39, 0.29) is 11.8 Å². The van der Waals surface area contributed by atoms with Crippen LogP contribution in [0, 0.1) is 5.92 Å². The molecule has 0 radical (unpaired) electrons. The number of para-hydroxylation sites is 2. The molecule has 1 amide bonds. The Balaban J connectivity index is 1.79. The highest BCUT2D eigenvalue weighted by Crippen LogP contribution is 2.18. The van der Waals surface area contributed by atoms with Gasteiger partial charge in [-0.3, -0.25) is 4.79 Å². The van der Waals surface area contributed by atoms with Gasteiger partial charge in [-0.05, 0) is 44.2 Å². The Kier molecular flexibility index (Phi) is 8.66. The van der Waals surface area contributed by atoms with Gasteiger partial charge in [0.2, 0.25) is 5.91 Å². The molecule has 2 rings (SSSR count). The quantitative estimate of drug-likeness (QED) is 0.537. The number of unbranched alkanes of at least 4 members (excludes halogenated alkanes) is 3. The highest BCUT2D eigenvalue weighted by atomic mass is 16.1. The molecule has 144 valence electrons. The van der Waals surface area contributed by atoms with E-state index >= 15 is 0 Å². The molecule has 0 bridgehead atoms. The Bertz CT molecular complexity index is 673. The lowest BCUT2D eigenvalue weighted by molar-refractivity contribution is -0.125. The summed E-state index contributed by atoms with van der Waals surface area (Å²) in [7, 11) is 0. The van der Waals surface area contributed by atoms with Crippen molar-refractivity contribution in [2.45, 2.75) is 78.7 Å². The molecule has 0 aliphatic carbocycles. The Morgan fingerprint density at radius 3 is 2.58 bits per heavy atom. The third kappa shape index (κ3) is 5.58. The molecular weight excluding hydrogens is 322 g/mol. The van der Waals surface area contributed by atoms with Gasteiger partial charge in [0, 0.05) is 25.4 Å². The third-order valence-electron chi connectivity index (χ3n) is 5.20. The Morgan fingerprint density at radius 1 is 1.08 bits per heavy atom. The van der Waals surface area contributed by atoms with Gasteiger partial charge in [-0.15, -0.1) is 0 Å². The lowest BCUT2D eigenvalue weighted by atomic mass is 10.0. The van der Waals surface area contributed by atoms with E-state index < -0.39 is 0 Å². The topological polar surface area (TPSA) is 46.9 Å². The number of hydrogen-bond acceptors (Lipinski definition) is 2. The van der Waals surface area contributed by atoms with Crippen LogP contribution in [0.3, 0.4) is 0 Å². The molecule has 4 heteroatoms. The monoisotopic (exact) mass is 357 g/mol. The van der Waals surface area contributed by atoms with Gasteiger partial charge < -0.3 is 9.88 Å². The molecular formula is C22H35N3O. The largest absolute Gasteiger partial charge is 0.356 e. The van der Waals surface area contributed by atoms with Crippen LogP contribution in [0.25, 0.3) is 11.0 Å². The Morgan fingerprint density at radius 2 is 1.85 bits per heavy atom. The first-order valence-electron chi connectivity index (χ1n) is 10.4. The molecule has 0 unspecified atom stereocenters. The van der Waals surface area contributed by atoms with Gasteiger partial charge in [-0.2, -0.15) is 0 Å². The minimum atomic E-state index is 0.175. The SMILES string of the molecule is CCCCn1c(CCCCCNC(=O)C(CC)CC)nc2ccccc21. The number of benzene rings is 1. The van der Waals surface area contributed by atoms with Crippen molar-refractivity contribution in [3.8, 4) is 0 Å². The smallest absolute Gasteiger partial charge is 0.223 e. The summed E-state index contributed by atoms with van der Waals surface area (Å²) in [4.78, 5) is 16.8. The van der Waals surface area contributed by atoms with E-state index in [4.69, 9.17) is 4.98 Å². The number of nitrogens with zero attached hydrogens (tertiary/aromatic N) is 2. The molecule has 0 saturated heterocycles. The van der Waals surface area contributed by atoms with Crippen LogP contribution in [-0.2, 0) is 17.8 Å². The van der Waals surface area contributed by atoms with Crippen LogP contribution >= 0.6 is 0 Å². The highest BCUT2D eigenvalue weighted by Gasteiger charge is 2.13. The summed E-state index contributed by atoms with van der Waals surface area (Å²) < 4.78 is 2.40. The maximum absolute atomic E-state index is 12.0. The van der Waals surface area contributed by atoms with Crippen molar-refractivity contribution in [1.29, 1.82) is 0 Å². The number of fused-ring (bicyclic) bond motifs is 1. The molecule has 4 nitrogen and oxygen atoms in total. The molecule has 2 aromatic rings. The Hall–Kier alpha value is -1.84. The van der Waals surface area contributed by atoms with E-state index in [1.165, 1.54) is 24.2 Å². The molecule has 0 aliphatic rings. The lowest BCUT2D eigenvalue weighted by Crippen LogP contribution is -2.30. The summed E-state index contributed by atoms with van der Waals surface area (Å²) >= 11 is 0. The van der Waals surface area contributed by atoms with Gasteiger partial charge in [-0.25, -0.2) is 4.98 Å². The third-order valence-corrected chi connectivity index (χ3v) is 5.20. The zero-order chi connectivity index (χ0) is 18.8. The fourth-order valence-electron chi connectivity index (χ4n) is 3.48. The summed E-state index contributed by atoms with van der Waals surface area (Å²) in [6, 6.07) is 8.44. The second-order valence-corrected chi connectivity index (χ2v) is 7.14. The van der Waals surface area contributed by atoms with E-state index in [1.807, 2.05) is 0 Å². The molecule has 0 saturated carbocycles. The van der Waals surface area contributed by atoms with E-state index in [0.29, 0.717) is 0 Å². The molecule has 26 heavy (non-hydrogen) atoms. The van der Waals surface area contributed by atoms with Crippen LogP contribution in [0.2, 0.25) is 0 Å². The molecule has 0 spiro atoms. The predicted octanol–water partition coefficient (Wildman–Crippen LogP) is 5.10. The molecule has 1 N–H and O–H groups in total. The van der Waals surface area contributed by atoms with Crippen LogP contribution < -0.4 is 5.32 Å². The molecule has 0 fully saturated rings. The molecule has 0 aliphatic heterocycles. The van der Waals surface area contributed by atoms with Crippen LogP contribution in [0.5, 0.6) is 0 Å². The van der Waals surface area contributed by atoms with Crippen molar-refractivity contribution in [2.24, 2.45) is 5.92 Å². The van der Waals surface area contributed by atoms with Crippen molar-refractivity contribution in [1.82, 2.24) is 14.9 Å². The van der Waals surface area contributed by atoms with Crippen molar-refractivity contribution < 1.29 is 4.79 Å². The predicted molar refractivity (Wildman–Crippen MR) is 109 cm³/mol. The first-order valence-corrected chi connectivity index (χ1v) is 10.4. The number of hydrogen-bond donors (Lipinski definition) is 1. The molecule has 1 heterocycles. The number of carbonyl (C=O) groups is 1. The molecule has 1 aromatic carbocycles. The average Bonchev–Trinajstić information content (AvgIpc) is 3.01. The second-order valence-electron chi connectivity index (χ2n) is 7.14. The first kappa shape index (κ1) is 20.5. The minimum Gasteiger partial charge on any atom is -0.356 e. The maximum atomic E-state index is 12.0. The normalized spacial score (nSPS) is 11.4. The Labute approximate surface area is 158 Å². The van der Waals surface area contributed by atoms with E-state index in [2.05, 4.69) is 54.9 Å². The average molecular weight is 358 g/mol. The number of carbonyl (C=O) groups excluding carboxylic acids is 1. The number of rotatable bonds is 12. The van der Waals surface area contributed by atoms with E-state index in [1.54, 1.807) is 0 Å². The van der Waals surface area contributed by atoms with Gasteiger partial charge in [0.25, 0.3) is 0 Å². The number of nitrogens with one attached hydrogen (secondary N) is 1. The van der Waals surface area contributed by atoms with Gasteiger partial charge in [0.05, 0.1) is 11.0 Å². The van der Waals surface area contributed by atoms with Gasteiger partial charge in [0.1, 0.15) is 5.82 Å². The summed E-state index contributed by atoms with van der Waals surface area (Å²) in [6.45, 7) is 8.24. The van der Waals surface area contributed by atoms with Crippen LogP contribution in [0.15, 0.2) is 24.3 Å². The number of amides is 1. The van der Waals surface area contributed by atoms with Crippen molar-refractivity contribution in [2.75, 3.05) is 6.54 Å². The fraction of sp³-hybridized carbons (Fsp3) is 0.636. The fourth-order valence-corrected chi connectivity index (χ4v) is 3.48. The van der Waals surface area contributed by atoms with Crippen LogP contribution in [0.1, 0.15) is 71.5 Å². The van der Waals surface area contributed by atoms with Crippen molar-refractivity contribution in [3.05, 3.63) is 30.1 Å². The summed E-state index contributed by atoms with van der Waals surface area (Å²) in [5, 5.41) is 3.08. The van der Waals surface area contributed by atoms with Crippen LogP contribution in [-0.4, -0.2) is 22.0 Å². The minimum absolute atomic E-state index is 0.175. The number of imidazole rings is 1. The lowest BCUT2D eigenvalue weighted by Gasteiger charge is -2.12. The zero-order valence-electron chi connectivity index (χ0n) is 16.8. The number of aryl methyl sites for hydroxylation is 2. The molecule has 1 aromatic heterocycles. The summed E-state index contributed by atoms with van der Waals surface area (Å²) in [6.07, 6.45) is 8.54. The number of aromatic nitrogens is 2. The summed E-state index contributed by atoms with van der Waals surface area (Å²) in [5.74, 6) is 1.60. The van der Waals surface area contributed by atoms with E-state index in [0.717, 1.165) is 57.1 Å². The second kappa shape index (κ2) is 11.0. The standard InChI is InChI=1S/C22H35N3O/c1-4-7-17-25-20-14-11-10-13-19(20)24-21(25)15-9-8-12-16-23-22(26)18(5-2)6-3/h10-11,13-14,18H,4-9,12,15-17H2,1-3H3,(H,23,26). The van der Waals surface area contributed by atoms with Gasteiger partial charge >= 0.3 is 0 Å². The van der Waals surface area contributed by atoms with Crippen molar-refractivity contribution >= 4 is 16.9 Å². The van der Waals surface area contributed by atoms with Crippen LogP contribution in [0.4, 0.5) is 0 Å². The zero-order valence-corrected chi connectivity index (χ0v) is 16.8. The maximum Gasteiger partial charge on any atom is 0.223 e.